The van der Waals surface area contributed by atoms with Crippen molar-refractivity contribution in [2.24, 2.45) is 0 Å². The summed E-state index contributed by atoms with van der Waals surface area (Å²) in [6.07, 6.45) is 1.63. The Bertz CT molecular complexity index is 596. The second-order valence-electron chi connectivity index (χ2n) is 5.20. The summed E-state index contributed by atoms with van der Waals surface area (Å²) in [5.41, 5.74) is 0.958. The average Bonchev–Trinajstić information content (AvgIpc) is 3.04. The lowest BCUT2D eigenvalue weighted by atomic mass is 10.2. The van der Waals surface area contributed by atoms with Gasteiger partial charge in [-0.3, -0.25) is 9.69 Å². The van der Waals surface area contributed by atoms with E-state index in [0.717, 1.165) is 17.1 Å². The van der Waals surface area contributed by atoms with E-state index >= 15 is 0 Å². The molecule has 2 aromatic rings. The number of amides is 1. The molecule has 1 aromatic heterocycles. The van der Waals surface area contributed by atoms with Crippen LogP contribution in [0.5, 0.6) is 5.75 Å². The van der Waals surface area contributed by atoms with Crippen LogP contribution in [0.4, 0.5) is 0 Å². The number of para-hydroxylation sites is 1. The molecule has 1 heterocycles. The molecule has 1 aromatic carbocycles. The van der Waals surface area contributed by atoms with Gasteiger partial charge in [0.1, 0.15) is 11.5 Å². The van der Waals surface area contributed by atoms with Crippen LogP contribution in [0.3, 0.4) is 0 Å². The summed E-state index contributed by atoms with van der Waals surface area (Å²) >= 11 is 0. The third kappa shape index (κ3) is 4.11. The van der Waals surface area contributed by atoms with E-state index in [9.17, 15) is 4.79 Å². The van der Waals surface area contributed by atoms with Gasteiger partial charge in [-0.2, -0.15) is 0 Å². The number of benzene rings is 1. The zero-order valence-electron chi connectivity index (χ0n) is 13.2. The number of nitrogens with one attached hydrogen (secondary N) is 1. The van der Waals surface area contributed by atoms with Crippen molar-refractivity contribution in [1.29, 1.82) is 0 Å². The highest BCUT2D eigenvalue weighted by Crippen LogP contribution is 2.16. The topological polar surface area (TPSA) is 54.7 Å². The van der Waals surface area contributed by atoms with Gasteiger partial charge in [-0.1, -0.05) is 18.2 Å². The van der Waals surface area contributed by atoms with Gasteiger partial charge in [0.25, 0.3) is 0 Å². The van der Waals surface area contributed by atoms with Crippen LogP contribution in [-0.4, -0.2) is 31.0 Å². The van der Waals surface area contributed by atoms with Crippen LogP contribution in [0.1, 0.15) is 18.2 Å². The molecule has 0 aliphatic heterocycles. The Hall–Kier alpha value is -2.27. The van der Waals surface area contributed by atoms with Crippen LogP contribution < -0.4 is 10.1 Å². The predicted octanol–water partition coefficient (Wildman–Crippen LogP) is 2.42. The molecule has 0 aliphatic rings. The van der Waals surface area contributed by atoms with Gasteiger partial charge in [0.15, 0.2) is 0 Å². The lowest BCUT2D eigenvalue weighted by Gasteiger charge is -2.23. The number of nitrogens with zero attached hydrogens (tertiary/aromatic N) is 1. The summed E-state index contributed by atoms with van der Waals surface area (Å²) in [6.45, 7) is 2.92. The maximum absolute atomic E-state index is 12.3. The fourth-order valence-corrected chi connectivity index (χ4v) is 2.16. The molecule has 1 N–H and O–H groups in total. The molecular formula is C17H22N2O3. The number of likely N-dealkylation sites (N-methyl/N-ethyl adjacent to an activating group) is 1. The third-order valence-electron chi connectivity index (χ3n) is 3.67. The SMILES string of the molecule is COc1ccccc1CNC(=O)C(C)N(C)Cc1ccco1. The Balaban J connectivity index is 1.88. The number of methoxy groups -OCH3 is 1. The van der Waals surface area contributed by atoms with Gasteiger partial charge >= 0.3 is 0 Å². The van der Waals surface area contributed by atoms with E-state index in [4.69, 9.17) is 9.15 Å². The number of carbonyl (C=O) groups excluding carboxylic acids is 1. The minimum atomic E-state index is -0.250. The predicted molar refractivity (Wildman–Crippen MR) is 84.5 cm³/mol. The molecule has 0 radical (unpaired) electrons. The lowest BCUT2D eigenvalue weighted by molar-refractivity contribution is -0.125. The molecule has 0 spiro atoms. The molecule has 5 nitrogen and oxygen atoms in total. The Morgan fingerprint density at radius 1 is 1.32 bits per heavy atom. The smallest absolute Gasteiger partial charge is 0.237 e. The van der Waals surface area contributed by atoms with E-state index in [2.05, 4.69) is 5.32 Å². The van der Waals surface area contributed by atoms with Crippen molar-refractivity contribution in [2.75, 3.05) is 14.2 Å². The largest absolute Gasteiger partial charge is 0.496 e. The number of ether oxygens (including phenoxy) is 1. The minimum Gasteiger partial charge on any atom is -0.496 e. The summed E-state index contributed by atoms with van der Waals surface area (Å²) < 4.78 is 10.6. The lowest BCUT2D eigenvalue weighted by Crippen LogP contribution is -2.42. The quantitative estimate of drug-likeness (QED) is 0.853. The van der Waals surface area contributed by atoms with Crippen molar-refractivity contribution in [2.45, 2.75) is 26.1 Å². The molecule has 5 heteroatoms. The summed E-state index contributed by atoms with van der Waals surface area (Å²) in [4.78, 5) is 14.2. The monoisotopic (exact) mass is 302 g/mol. The van der Waals surface area contributed by atoms with Gasteiger partial charge < -0.3 is 14.5 Å². The maximum Gasteiger partial charge on any atom is 0.237 e. The summed E-state index contributed by atoms with van der Waals surface area (Å²) in [5.74, 6) is 1.59. The normalized spacial score (nSPS) is 12.2. The molecule has 1 atom stereocenters. The molecule has 0 fully saturated rings. The molecule has 2 rings (SSSR count). The average molecular weight is 302 g/mol. The molecule has 0 saturated heterocycles. The summed E-state index contributed by atoms with van der Waals surface area (Å²) in [6, 6.07) is 11.1. The Morgan fingerprint density at radius 3 is 2.77 bits per heavy atom. The first-order valence-corrected chi connectivity index (χ1v) is 7.24. The van der Waals surface area contributed by atoms with Crippen molar-refractivity contribution < 1.29 is 13.9 Å². The second kappa shape index (κ2) is 7.66. The van der Waals surface area contributed by atoms with E-state index in [0.29, 0.717) is 13.1 Å². The first kappa shape index (κ1) is 16.1. The molecule has 0 aliphatic carbocycles. The van der Waals surface area contributed by atoms with E-state index in [1.54, 1.807) is 13.4 Å². The van der Waals surface area contributed by atoms with Crippen molar-refractivity contribution in [1.82, 2.24) is 10.2 Å². The first-order valence-electron chi connectivity index (χ1n) is 7.24. The highest BCUT2D eigenvalue weighted by atomic mass is 16.5. The Kier molecular flexibility index (Phi) is 5.61. The van der Waals surface area contributed by atoms with Gasteiger partial charge in [0.2, 0.25) is 5.91 Å². The van der Waals surface area contributed by atoms with E-state index < -0.39 is 0 Å². The molecule has 1 unspecified atom stereocenters. The summed E-state index contributed by atoms with van der Waals surface area (Å²) in [5, 5.41) is 2.94. The van der Waals surface area contributed by atoms with E-state index in [-0.39, 0.29) is 11.9 Å². The molecule has 1 amide bonds. The maximum atomic E-state index is 12.3. The Labute approximate surface area is 130 Å². The highest BCUT2D eigenvalue weighted by Gasteiger charge is 2.19. The zero-order chi connectivity index (χ0) is 15.9. The van der Waals surface area contributed by atoms with Gasteiger partial charge in [-0.05, 0) is 32.2 Å². The zero-order valence-corrected chi connectivity index (χ0v) is 13.2. The number of furan rings is 1. The molecular weight excluding hydrogens is 280 g/mol. The van der Waals surface area contributed by atoms with E-state index in [1.807, 2.05) is 55.3 Å². The van der Waals surface area contributed by atoms with Crippen LogP contribution in [0.15, 0.2) is 47.1 Å². The number of rotatable bonds is 7. The first-order chi connectivity index (χ1) is 10.6. The minimum absolute atomic E-state index is 0.0278. The third-order valence-corrected chi connectivity index (χ3v) is 3.67. The van der Waals surface area contributed by atoms with Gasteiger partial charge in [-0.15, -0.1) is 0 Å². The van der Waals surface area contributed by atoms with Gasteiger partial charge in [0, 0.05) is 12.1 Å². The van der Waals surface area contributed by atoms with Gasteiger partial charge in [-0.25, -0.2) is 0 Å². The molecule has 0 bridgehead atoms. The number of hydrogen-bond acceptors (Lipinski definition) is 4. The Morgan fingerprint density at radius 2 is 2.09 bits per heavy atom. The van der Waals surface area contributed by atoms with Crippen LogP contribution in [0.25, 0.3) is 0 Å². The van der Waals surface area contributed by atoms with E-state index in [1.165, 1.54) is 0 Å². The van der Waals surface area contributed by atoms with Gasteiger partial charge in [0.05, 0.1) is 26.0 Å². The molecule has 118 valence electrons. The number of carbonyl (C=O) groups is 1. The van der Waals surface area contributed by atoms with Crippen LogP contribution >= 0.6 is 0 Å². The second-order valence-corrected chi connectivity index (χ2v) is 5.20. The fraction of sp³-hybridized carbons (Fsp3) is 0.353. The fourth-order valence-electron chi connectivity index (χ4n) is 2.16. The molecule has 22 heavy (non-hydrogen) atoms. The van der Waals surface area contributed by atoms with Crippen molar-refractivity contribution in [3.63, 3.8) is 0 Å². The van der Waals surface area contributed by atoms with Crippen LogP contribution in [0, 0.1) is 0 Å². The van der Waals surface area contributed by atoms with Crippen molar-refractivity contribution in [3.05, 3.63) is 54.0 Å². The van der Waals surface area contributed by atoms with Crippen LogP contribution in [0.2, 0.25) is 0 Å². The van der Waals surface area contributed by atoms with Crippen LogP contribution in [-0.2, 0) is 17.9 Å². The van der Waals surface area contributed by atoms with Crippen molar-refractivity contribution >= 4 is 5.91 Å². The number of hydrogen-bond donors (Lipinski definition) is 1. The molecule has 0 saturated carbocycles. The highest BCUT2D eigenvalue weighted by molar-refractivity contribution is 5.81. The summed E-state index contributed by atoms with van der Waals surface area (Å²) in [7, 11) is 3.52. The van der Waals surface area contributed by atoms with Crippen molar-refractivity contribution in [3.8, 4) is 5.75 Å². The standard InChI is InChI=1S/C17H22N2O3/c1-13(19(2)12-15-8-6-10-22-15)17(20)18-11-14-7-4-5-9-16(14)21-3/h4-10,13H,11-12H2,1-3H3,(H,18,20).